The van der Waals surface area contributed by atoms with Gasteiger partial charge in [-0.1, -0.05) is 18.2 Å². The molecule has 3 aliphatic rings. The number of nitrogens with one attached hydrogen (secondary N) is 1. The molecule has 1 aromatic heterocycles. The van der Waals surface area contributed by atoms with Crippen LogP contribution in [-0.2, 0) is 4.74 Å². The Bertz CT molecular complexity index is 1570. The van der Waals surface area contributed by atoms with Gasteiger partial charge in [-0.05, 0) is 93.3 Å². The fourth-order valence-electron chi connectivity index (χ4n) is 5.27. The van der Waals surface area contributed by atoms with Gasteiger partial charge in [0.25, 0.3) is 0 Å². The number of ether oxygens (including phenoxy) is 1. The molecule has 192 valence electrons. The molecule has 0 bridgehead atoms. The van der Waals surface area contributed by atoms with Crippen LogP contribution in [0.2, 0.25) is 0 Å². The highest BCUT2D eigenvalue weighted by molar-refractivity contribution is 5.84. The van der Waals surface area contributed by atoms with Gasteiger partial charge in [0.2, 0.25) is 0 Å². The first-order valence-corrected chi connectivity index (χ1v) is 13.2. The molecule has 0 saturated heterocycles. The molecule has 7 heteroatoms. The van der Waals surface area contributed by atoms with Gasteiger partial charge in [-0.2, -0.15) is 0 Å². The van der Waals surface area contributed by atoms with Gasteiger partial charge in [0, 0.05) is 18.5 Å². The number of benzene rings is 3. The van der Waals surface area contributed by atoms with Crippen LogP contribution < -0.4 is 10.7 Å². The van der Waals surface area contributed by atoms with E-state index in [4.69, 9.17) is 14.7 Å². The number of hydrogen-bond acceptors (Lipinski definition) is 5. The Hall–Kier alpha value is -4.10. The van der Waals surface area contributed by atoms with Gasteiger partial charge in [0.05, 0.1) is 45.6 Å². The van der Waals surface area contributed by atoms with Gasteiger partial charge in [-0.15, -0.1) is 0 Å². The van der Waals surface area contributed by atoms with Crippen molar-refractivity contribution in [3.05, 3.63) is 96.2 Å². The van der Waals surface area contributed by atoms with Crippen molar-refractivity contribution in [2.45, 2.75) is 44.8 Å². The molecular weight excluding hydrogens is 477 g/mol. The molecule has 0 radical (unpaired) electrons. The highest BCUT2D eigenvalue weighted by Crippen LogP contribution is 2.31. The zero-order valence-corrected chi connectivity index (χ0v) is 21.3. The standard InChI is InChI=1S/C31H30FN5O/c1-2-38-24-16-12-22(13-17-24)34-27-20-30-28(19-26(27)36-31-9-5-6-18-33-31)35-25-7-3-4-8-29(25)37(30)23-14-10-21(32)11-15-23/h3-11,14-15,18-20,22,24H,2,12-13,16-17H2,1H3,(H,33,36). The SMILES string of the molecule is CCOC1CCC(N=c2cc3n(-c4ccc(F)cc4)c4ccccc4nc-3cc2Nc2ccccn2)CC1. The first kappa shape index (κ1) is 24.2. The molecule has 3 aromatic rings. The fourth-order valence-corrected chi connectivity index (χ4v) is 5.27. The largest absolute Gasteiger partial charge is 0.379 e. The highest BCUT2D eigenvalue weighted by Gasteiger charge is 2.22. The van der Waals surface area contributed by atoms with Gasteiger partial charge < -0.3 is 14.6 Å². The van der Waals surface area contributed by atoms with E-state index in [9.17, 15) is 4.39 Å². The number of pyridine rings is 1. The van der Waals surface area contributed by atoms with E-state index in [1.165, 1.54) is 12.1 Å². The number of para-hydroxylation sites is 2. The second-order valence-electron chi connectivity index (χ2n) is 9.63. The summed E-state index contributed by atoms with van der Waals surface area (Å²) in [6, 6.07) is 24.7. The van der Waals surface area contributed by atoms with E-state index < -0.39 is 0 Å². The lowest BCUT2D eigenvalue weighted by atomic mass is 9.93. The van der Waals surface area contributed by atoms with E-state index in [0.29, 0.717) is 6.10 Å². The van der Waals surface area contributed by atoms with Crippen LogP contribution in [0.3, 0.4) is 0 Å². The zero-order chi connectivity index (χ0) is 25.9. The normalized spacial score (nSPS) is 18.2. The van der Waals surface area contributed by atoms with E-state index in [2.05, 4.69) is 27.9 Å². The first-order chi connectivity index (χ1) is 18.7. The topological polar surface area (TPSA) is 64.3 Å². The Morgan fingerprint density at radius 3 is 2.53 bits per heavy atom. The fraction of sp³-hybridized carbons (Fsp3) is 0.258. The van der Waals surface area contributed by atoms with Crippen molar-refractivity contribution in [2.75, 3.05) is 11.9 Å². The molecule has 0 spiro atoms. The summed E-state index contributed by atoms with van der Waals surface area (Å²) in [4.78, 5) is 14.7. The molecule has 2 heterocycles. The number of rotatable bonds is 6. The Morgan fingerprint density at radius 2 is 1.76 bits per heavy atom. The molecule has 2 aliphatic carbocycles. The quantitative estimate of drug-likeness (QED) is 0.261. The van der Waals surface area contributed by atoms with E-state index in [1.54, 1.807) is 18.3 Å². The van der Waals surface area contributed by atoms with Crippen LogP contribution in [0.1, 0.15) is 32.6 Å². The van der Waals surface area contributed by atoms with Gasteiger partial charge in [0.1, 0.15) is 11.6 Å². The zero-order valence-electron chi connectivity index (χ0n) is 21.3. The lowest BCUT2D eigenvalue weighted by Gasteiger charge is -2.26. The van der Waals surface area contributed by atoms with E-state index in [-0.39, 0.29) is 11.9 Å². The van der Waals surface area contributed by atoms with Crippen LogP contribution >= 0.6 is 0 Å². The van der Waals surface area contributed by atoms with Crippen molar-refractivity contribution in [1.29, 1.82) is 0 Å². The van der Waals surface area contributed by atoms with E-state index in [1.807, 2.05) is 48.5 Å². The maximum atomic E-state index is 13.8. The molecule has 0 amide bonds. The summed E-state index contributed by atoms with van der Waals surface area (Å²) in [5.41, 5.74) is 5.24. The molecule has 1 N–H and O–H groups in total. The maximum Gasteiger partial charge on any atom is 0.130 e. The summed E-state index contributed by atoms with van der Waals surface area (Å²) in [7, 11) is 0. The number of fused-ring (bicyclic) bond motifs is 2. The minimum Gasteiger partial charge on any atom is -0.379 e. The summed E-state index contributed by atoms with van der Waals surface area (Å²) in [5.74, 6) is 0.479. The molecule has 6 rings (SSSR count). The number of aromatic nitrogens is 3. The molecule has 1 fully saturated rings. The predicted molar refractivity (Wildman–Crippen MR) is 148 cm³/mol. The second kappa shape index (κ2) is 10.7. The van der Waals surface area contributed by atoms with Crippen LogP contribution in [0.25, 0.3) is 28.1 Å². The van der Waals surface area contributed by atoms with Crippen molar-refractivity contribution in [1.82, 2.24) is 14.5 Å². The molecular formula is C31H30FN5O. The van der Waals surface area contributed by atoms with Crippen molar-refractivity contribution in [2.24, 2.45) is 4.99 Å². The Balaban J connectivity index is 1.54. The smallest absolute Gasteiger partial charge is 0.130 e. The molecule has 6 nitrogen and oxygen atoms in total. The summed E-state index contributed by atoms with van der Waals surface area (Å²) < 4.78 is 21.8. The summed E-state index contributed by atoms with van der Waals surface area (Å²) >= 11 is 0. The van der Waals surface area contributed by atoms with Gasteiger partial charge in [0.15, 0.2) is 0 Å². The predicted octanol–water partition coefficient (Wildman–Crippen LogP) is 6.66. The van der Waals surface area contributed by atoms with Gasteiger partial charge in [-0.3, -0.25) is 4.99 Å². The molecule has 1 aliphatic heterocycles. The van der Waals surface area contributed by atoms with E-state index >= 15 is 0 Å². The summed E-state index contributed by atoms with van der Waals surface area (Å²) in [6.07, 6.45) is 6.09. The number of nitrogens with zero attached hydrogens (tertiary/aromatic N) is 4. The van der Waals surface area contributed by atoms with Crippen molar-refractivity contribution < 1.29 is 9.13 Å². The van der Waals surface area contributed by atoms with Crippen LogP contribution in [0.4, 0.5) is 15.9 Å². The number of anilines is 2. The van der Waals surface area contributed by atoms with Crippen molar-refractivity contribution >= 4 is 22.5 Å². The van der Waals surface area contributed by atoms with Crippen LogP contribution in [0, 0.1) is 5.82 Å². The third-order valence-corrected chi connectivity index (χ3v) is 7.08. The van der Waals surface area contributed by atoms with Crippen LogP contribution in [0.5, 0.6) is 0 Å². The maximum absolute atomic E-state index is 13.8. The molecule has 1 saturated carbocycles. The lowest BCUT2D eigenvalue weighted by molar-refractivity contribution is 0.0332. The van der Waals surface area contributed by atoms with Crippen LogP contribution in [0.15, 0.2) is 90.1 Å². The van der Waals surface area contributed by atoms with Gasteiger partial charge in [-0.25, -0.2) is 14.4 Å². The monoisotopic (exact) mass is 507 g/mol. The van der Waals surface area contributed by atoms with E-state index in [0.717, 1.165) is 77.3 Å². The lowest BCUT2D eigenvalue weighted by Crippen LogP contribution is -2.26. The highest BCUT2D eigenvalue weighted by atomic mass is 19.1. The number of halogens is 1. The van der Waals surface area contributed by atoms with Crippen molar-refractivity contribution in [3.63, 3.8) is 0 Å². The third kappa shape index (κ3) is 5.02. The van der Waals surface area contributed by atoms with Crippen molar-refractivity contribution in [3.8, 4) is 17.1 Å². The number of hydrogen-bond donors (Lipinski definition) is 1. The van der Waals surface area contributed by atoms with Crippen LogP contribution in [-0.4, -0.2) is 33.3 Å². The first-order valence-electron chi connectivity index (χ1n) is 13.2. The Labute approximate surface area is 221 Å². The minimum absolute atomic E-state index is 0.209. The molecule has 0 unspecified atom stereocenters. The summed E-state index contributed by atoms with van der Waals surface area (Å²) in [5, 5.41) is 4.33. The second-order valence-corrected chi connectivity index (χ2v) is 9.63. The van der Waals surface area contributed by atoms with Gasteiger partial charge >= 0.3 is 0 Å². The molecule has 2 aromatic carbocycles. The third-order valence-electron chi connectivity index (χ3n) is 7.08. The molecule has 0 atom stereocenters. The average molecular weight is 508 g/mol. The minimum atomic E-state index is -0.266. The average Bonchev–Trinajstić information content (AvgIpc) is 2.95. The summed E-state index contributed by atoms with van der Waals surface area (Å²) in [6.45, 7) is 2.80. The molecule has 38 heavy (non-hydrogen) atoms. The Kier molecular flexibility index (Phi) is 6.84. The Morgan fingerprint density at radius 1 is 0.974 bits per heavy atom.